The first kappa shape index (κ1) is 17.9. The fourth-order valence-corrected chi connectivity index (χ4v) is 3.69. The van der Waals surface area contributed by atoms with Crippen molar-refractivity contribution in [3.05, 3.63) is 54.4 Å². The zero-order valence-electron chi connectivity index (χ0n) is 13.9. The first-order valence-corrected chi connectivity index (χ1v) is 9.44. The number of carbonyl (C=O) groups is 1. The molecule has 1 aromatic carbocycles. The van der Waals surface area contributed by atoms with E-state index in [1.54, 1.807) is 43.5 Å². The summed E-state index contributed by atoms with van der Waals surface area (Å²) in [5.74, 6) is -0.391. The number of anilines is 2. The fourth-order valence-electron chi connectivity index (χ4n) is 2.49. The number of nitrogens with one attached hydrogen (secondary N) is 1. The summed E-state index contributed by atoms with van der Waals surface area (Å²) in [4.78, 5) is 16.6. The first-order chi connectivity index (χ1) is 11.3. The lowest BCUT2D eigenvalue weighted by Gasteiger charge is -2.30. The first-order valence-electron chi connectivity index (χ1n) is 7.60. The number of rotatable bonds is 6. The quantitative estimate of drug-likeness (QED) is 0.871. The van der Waals surface area contributed by atoms with E-state index in [0.717, 1.165) is 11.8 Å². The zero-order valence-corrected chi connectivity index (χ0v) is 14.7. The highest BCUT2D eigenvalue weighted by Gasteiger charge is 2.31. The Kier molecular flexibility index (Phi) is 5.56. The van der Waals surface area contributed by atoms with E-state index in [2.05, 4.69) is 10.3 Å². The molecule has 6 nitrogen and oxygen atoms in total. The standard InChI is InChI=1S/C17H21N3O3S/c1-4-16(17(21)19-14-8-6-10-18-12-14)20(24(3,22)23)15-9-5-7-13(2)11-15/h5-12,16H,4H2,1-3H3,(H,19,21)/t16-/m0/s1. The van der Waals surface area contributed by atoms with Crippen molar-refractivity contribution in [2.24, 2.45) is 0 Å². The van der Waals surface area contributed by atoms with E-state index in [4.69, 9.17) is 0 Å². The van der Waals surface area contributed by atoms with Crippen molar-refractivity contribution >= 4 is 27.3 Å². The van der Waals surface area contributed by atoms with Crippen LogP contribution in [0.3, 0.4) is 0 Å². The van der Waals surface area contributed by atoms with Gasteiger partial charge >= 0.3 is 0 Å². The molecule has 1 N–H and O–H groups in total. The molecule has 1 aromatic heterocycles. The minimum Gasteiger partial charge on any atom is -0.323 e. The van der Waals surface area contributed by atoms with Crippen molar-refractivity contribution in [3.63, 3.8) is 0 Å². The van der Waals surface area contributed by atoms with E-state index in [1.165, 1.54) is 10.5 Å². The van der Waals surface area contributed by atoms with Crippen LogP contribution in [0.4, 0.5) is 11.4 Å². The summed E-state index contributed by atoms with van der Waals surface area (Å²) in [6.45, 7) is 3.65. The van der Waals surface area contributed by atoms with Crippen LogP contribution >= 0.6 is 0 Å². The Morgan fingerprint density at radius 2 is 2.04 bits per heavy atom. The van der Waals surface area contributed by atoms with Gasteiger partial charge in [-0.15, -0.1) is 0 Å². The van der Waals surface area contributed by atoms with Crippen LogP contribution in [0, 0.1) is 6.92 Å². The summed E-state index contributed by atoms with van der Waals surface area (Å²) in [6.07, 6.45) is 4.56. The number of pyridine rings is 1. The molecule has 0 saturated heterocycles. The molecule has 1 atom stereocenters. The number of hydrogen-bond donors (Lipinski definition) is 1. The number of aryl methyl sites for hydroxylation is 1. The monoisotopic (exact) mass is 347 g/mol. The number of amides is 1. The van der Waals surface area contributed by atoms with Gasteiger partial charge in [0.15, 0.2) is 0 Å². The van der Waals surface area contributed by atoms with Gasteiger partial charge in [-0.1, -0.05) is 19.1 Å². The average molecular weight is 347 g/mol. The number of aromatic nitrogens is 1. The van der Waals surface area contributed by atoms with Gasteiger partial charge in [-0.05, 0) is 43.2 Å². The van der Waals surface area contributed by atoms with Crippen LogP contribution in [0.5, 0.6) is 0 Å². The van der Waals surface area contributed by atoms with Gasteiger partial charge in [0.25, 0.3) is 0 Å². The maximum atomic E-state index is 12.6. The predicted octanol–water partition coefficient (Wildman–Crippen LogP) is 2.57. The number of carbonyl (C=O) groups excluding carboxylic acids is 1. The average Bonchev–Trinajstić information content (AvgIpc) is 2.52. The summed E-state index contributed by atoms with van der Waals surface area (Å²) >= 11 is 0. The third-order valence-corrected chi connectivity index (χ3v) is 4.69. The summed E-state index contributed by atoms with van der Waals surface area (Å²) in [5.41, 5.74) is 1.92. The third kappa shape index (κ3) is 4.32. The zero-order chi connectivity index (χ0) is 17.7. The lowest BCUT2D eigenvalue weighted by atomic mass is 10.1. The molecule has 0 aliphatic rings. The summed E-state index contributed by atoms with van der Waals surface area (Å²) in [5, 5.41) is 2.72. The van der Waals surface area contributed by atoms with Gasteiger partial charge in [0.2, 0.25) is 15.9 Å². The smallest absolute Gasteiger partial charge is 0.248 e. The summed E-state index contributed by atoms with van der Waals surface area (Å²) in [6, 6.07) is 9.65. The van der Waals surface area contributed by atoms with E-state index in [-0.39, 0.29) is 0 Å². The van der Waals surface area contributed by atoms with Crippen molar-refractivity contribution < 1.29 is 13.2 Å². The molecule has 0 bridgehead atoms. The van der Waals surface area contributed by atoms with Gasteiger partial charge in [-0.3, -0.25) is 14.1 Å². The molecule has 0 unspecified atom stereocenters. The van der Waals surface area contributed by atoms with E-state index in [9.17, 15) is 13.2 Å². The lowest BCUT2D eigenvalue weighted by Crippen LogP contribution is -2.47. The largest absolute Gasteiger partial charge is 0.323 e. The van der Waals surface area contributed by atoms with Gasteiger partial charge in [0.05, 0.1) is 23.8 Å². The Hall–Kier alpha value is -2.41. The number of sulfonamides is 1. The highest BCUT2D eigenvalue weighted by atomic mass is 32.2. The van der Waals surface area contributed by atoms with Crippen LogP contribution < -0.4 is 9.62 Å². The van der Waals surface area contributed by atoms with Crippen LogP contribution in [-0.2, 0) is 14.8 Å². The van der Waals surface area contributed by atoms with E-state index < -0.39 is 22.0 Å². The molecule has 24 heavy (non-hydrogen) atoms. The molecule has 0 spiro atoms. The van der Waals surface area contributed by atoms with Gasteiger partial charge in [0, 0.05) is 6.20 Å². The van der Waals surface area contributed by atoms with E-state index >= 15 is 0 Å². The Morgan fingerprint density at radius 1 is 1.29 bits per heavy atom. The van der Waals surface area contributed by atoms with Crippen molar-refractivity contribution in [3.8, 4) is 0 Å². The third-order valence-electron chi connectivity index (χ3n) is 3.51. The van der Waals surface area contributed by atoms with Crippen molar-refractivity contribution in [2.75, 3.05) is 15.9 Å². The number of nitrogens with zero attached hydrogens (tertiary/aromatic N) is 2. The topological polar surface area (TPSA) is 79.4 Å². The maximum absolute atomic E-state index is 12.6. The van der Waals surface area contributed by atoms with Crippen molar-refractivity contribution in [1.29, 1.82) is 0 Å². The SMILES string of the molecule is CC[C@@H](C(=O)Nc1cccnc1)N(c1cccc(C)c1)S(C)(=O)=O. The van der Waals surface area contributed by atoms with Crippen LogP contribution in [-0.4, -0.2) is 31.6 Å². The summed E-state index contributed by atoms with van der Waals surface area (Å²) in [7, 11) is -3.63. The molecule has 2 rings (SSSR count). The molecule has 2 aromatic rings. The minimum atomic E-state index is -3.63. The van der Waals surface area contributed by atoms with Crippen LogP contribution in [0.15, 0.2) is 48.8 Å². The van der Waals surface area contributed by atoms with Crippen LogP contribution in [0.25, 0.3) is 0 Å². The van der Waals surface area contributed by atoms with Gasteiger partial charge in [0.1, 0.15) is 6.04 Å². The van der Waals surface area contributed by atoms with Gasteiger partial charge < -0.3 is 5.32 Å². The van der Waals surface area contributed by atoms with Crippen molar-refractivity contribution in [2.45, 2.75) is 26.3 Å². The van der Waals surface area contributed by atoms with E-state index in [1.807, 2.05) is 13.0 Å². The molecule has 1 heterocycles. The van der Waals surface area contributed by atoms with Crippen LogP contribution in [0.1, 0.15) is 18.9 Å². The molecule has 0 aliphatic carbocycles. The predicted molar refractivity (Wildman–Crippen MR) is 95.4 cm³/mol. The van der Waals surface area contributed by atoms with Gasteiger partial charge in [-0.25, -0.2) is 8.42 Å². The Labute approximate surface area is 142 Å². The molecule has 7 heteroatoms. The molecule has 128 valence electrons. The number of hydrogen-bond acceptors (Lipinski definition) is 4. The highest BCUT2D eigenvalue weighted by Crippen LogP contribution is 2.24. The highest BCUT2D eigenvalue weighted by molar-refractivity contribution is 7.92. The normalized spacial score (nSPS) is 12.5. The minimum absolute atomic E-state index is 0.340. The maximum Gasteiger partial charge on any atom is 0.248 e. The summed E-state index contributed by atoms with van der Waals surface area (Å²) < 4.78 is 25.8. The molecule has 0 fully saturated rings. The Balaban J connectivity index is 2.37. The Morgan fingerprint density at radius 3 is 2.58 bits per heavy atom. The second kappa shape index (κ2) is 7.44. The molecule has 0 radical (unpaired) electrons. The molecular weight excluding hydrogens is 326 g/mol. The second-order valence-electron chi connectivity index (χ2n) is 5.55. The second-order valence-corrected chi connectivity index (χ2v) is 7.41. The Bertz CT molecular complexity index is 807. The molecule has 0 saturated carbocycles. The van der Waals surface area contributed by atoms with Crippen molar-refractivity contribution in [1.82, 2.24) is 4.98 Å². The molecular formula is C17H21N3O3S. The number of benzene rings is 1. The fraction of sp³-hybridized carbons (Fsp3) is 0.294. The lowest BCUT2D eigenvalue weighted by molar-refractivity contribution is -0.117. The van der Waals surface area contributed by atoms with Gasteiger partial charge in [-0.2, -0.15) is 0 Å². The van der Waals surface area contributed by atoms with E-state index in [0.29, 0.717) is 17.8 Å². The molecule has 1 amide bonds. The molecule has 0 aliphatic heterocycles. The van der Waals surface area contributed by atoms with Crippen LogP contribution in [0.2, 0.25) is 0 Å².